The summed E-state index contributed by atoms with van der Waals surface area (Å²) >= 11 is 0. The molecule has 1 aromatic heterocycles. The van der Waals surface area contributed by atoms with Gasteiger partial charge in [-0.1, -0.05) is 36.4 Å². The molecule has 2 aromatic rings. The molecule has 0 saturated carbocycles. The molecule has 1 heterocycles. The summed E-state index contributed by atoms with van der Waals surface area (Å²) in [5.74, 6) is 0. The fourth-order valence-corrected chi connectivity index (χ4v) is 1.50. The van der Waals surface area contributed by atoms with Gasteiger partial charge in [-0.15, -0.1) is 0 Å². The number of aldehydes is 1. The normalized spacial score (nSPS) is 10.9. The first-order valence-corrected chi connectivity index (χ1v) is 7.56. The van der Waals surface area contributed by atoms with E-state index in [4.69, 9.17) is 17.5 Å². The molecule has 0 fully saturated rings. The molecular formula is C15H16NO5S+. The molecule has 0 aliphatic heterocycles. The Balaban J connectivity index is 0.000000422. The molecule has 0 radical (unpaired) electrons. The van der Waals surface area contributed by atoms with E-state index in [0.717, 1.165) is 17.4 Å². The standard InChI is InChI=1S/C15H14NO.H2O4S/c1-16-10-8-14(9-11-16)3-2-13-4-6-15(12-17)7-5-13;1-5(2,3)4/h2-12H,1H3;(H2,1,2,3,4)/q+1;. The largest absolute Gasteiger partial charge is 0.394 e. The number of carbonyl (C=O) groups excluding carboxylic acids is 1. The fraction of sp³-hybridized carbons (Fsp3) is 0.0667. The molecule has 2 rings (SSSR count). The van der Waals surface area contributed by atoms with Crippen LogP contribution in [0.5, 0.6) is 0 Å². The average Bonchev–Trinajstić information content (AvgIpc) is 2.45. The number of benzene rings is 1. The zero-order chi connectivity index (χ0) is 16.6. The van der Waals surface area contributed by atoms with Crippen molar-refractivity contribution in [1.82, 2.24) is 0 Å². The summed E-state index contributed by atoms with van der Waals surface area (Å²) in [5.41, 5.74) is 2.94. The summed E-state index contributed by atoms with van der Waals surface area (Å²) in [6.45, 7) is 0. The molecule has 0 bridgehead atoms. The maximum absolute atomic E-state index is 10.5. The predicted octanol–water partition coefficient (Wildman–Crippen LogP) is 1.84. The van der Waals surface area contributed by atoms with Crippen LogP contribution in [0, 0.1) is 0 Å². The number of aromatic nitrogens is 1. The van der Waals surface area contributed by atoms with Gasteiger partial charge in [0, 0.05) is 17.7 Å². The lowest BCUT2D eigenvalue weighted by Gasteiger charge is -1.94. The summed E-state index contributed by atoms with van der Waals surface area (Å²) in [6, 6.07) is 11.6. The van der Waals surface area contributed by atoms with Crippen molar-refractivity contribution < 1.29 is 26.9 Å². The van der Waals surface area contributed by atoms with E-state index in [1.807, 2.05) is 54.3 Å². The first-order valence-electron chi connectivity index (χ1n) is 6.16. The minimum Gasteiger partial charge on any atom is -0.298 e. The van der Waals surface area contributed by atoms with E-state index < -0.39 is 10.4 Å². The van der Waals surface area contributed by atoms with E-state index in [2.05, 4.69) is 18.2 Å². The Labute approximate surface area is 128 Å². The van der Waals surface area contributed by atoms with Crippen LogP contribution in [0.25, 0.3) is 12.2 Å². The topological polar surface area (TPSA) is 95.5 Å². The van der Waals surface area contributed by atoms with E-state index in [0.29, 0.717) is 5.56 Å². The van der Waals surface area contributed by atoms with Gasteiger partial charge in [-0.3, -0.25) is 13.9 Å². The van der Waals surface area contributed by atoms with Crippen molar-refractivity contribution in [1.29, 1.82) is 0 Å². The molecule has 22 heavy (non-hydrogen) atoms. The van der Waals surface area contributed by atoms with Crippen LogP contribution in [0.1, 0.15) is 21.5 Å². The van der Waals surface area contributed by atoms with Gasteiger partial charge in [0.05, 0.1) is 0 Å². The second-order valence-corrected chi connectivity index (χ2v) is 5.26. The number of pyridine rings is 1. The van der Waals surface area contributed by atoms with Gasteiger partial charge in [-0.2, -0.15) is 8.42 Å². The summed E-state index contributed by atoms with van der Waals surface area (Å²) < 4.78 is 33.6. The minimum absolute atomic E-state index is 0.703. The second kappa shape index (κ2) is 8.18. The van der Waals surface area contributed by atoms with Crippen LogP contribution in [0.4, 0.5) is 0 Å². The molecule has 0 amide bonds. The molecule has 0 atom stereocenters. The first kappa shape index (κ1) is 17.7. The Kier molecular flexibility index (Phi) is 6.58. The highest BCUT2D eigenvalue weighted by atomic mass is 32.3. The van der Waals surface area contributed by atoms with Crippen LogP contribution in [0.15, 0.2) is 48.8 Å². The van der Waals surface area contributed by atoms with E-state index in [1.54, 1.807) is 0 Å². The van der Waals surface area contributed by atoms with Crippen molar-refractivity contribution in [3.8, 4) is 0 Å². The first-order chi connectivity index (χ1) is 10.3. The summed E-state index contributed by atoms with van der Waals surface area (Å²) in [4.78, 5) is 10.5. The Morgan fingerprint density at radius 3 is 1.64 bits per heavy atom. The molecular weight excluding hydrogens is 306 g/mol. The Morgan fingerprint density at radius 2 is 1.23 bits per heavy atom. The van der Waals surface area contributed by atoms with Crippen molar-refractivity contribution in [2.75, 3.05) is 0 Å². The lowest BCUT2D eigenvalue weighted by molar-refractivity contribution is -0.671. The van der Waals surface area contributed by atoms with E-state index in [1.165, 1.54) is 0 Å². The predicted molar refractivity (Wildman–Crippen MR) is 82.6 cm³/mol. The second-order valence-electron chi connectivity index (χ2n) is 4.36. The third-order valence-corrected chi connectivity index (χ3v) is 2.55. The van der Waals surface area contributed by atoms with Crippen LogP contribution in [-0.4, -0.2) is 23.8 Å². The van der Waals surface area contributed by atoms with Crippen molar-refractivity contribution in [2.24, 2.45) is 7.05 Å². The highest BCUT2D eigenvalue weighted by Crippen LogP contribution is 2.08. The van der Waals surface area contributed by atoms with E-state index in [-0.39, 0.29) is 0 Å². The van der Waals surface area contributed by atoms with Gasteiger partial charge in [0.1, 0.15) is 13.3 Å². The quantitative estimate of drug-likeness (QED) is 0.511. The highest BCUT2D eigenvalue weighted by Gasteiger charge is 1.92. The van der Waals surface area contributed by atoms with Gasteiger partial charge in [-0.05, 0) is 11.1 Å². The van der Waals surface area contributed by atoms with E-state index in [9.17, 15) is 4.79 Å². The van der Waals surface area contributed by atoms with Gasteiger partial charge in [-0.25, -0.2) is 4.57 Å². The zero-order valence-corrected chi connectivity index (χ0v) is 12.6. The summed E-state index contributed by atoms with van der Waals surface area (Å²) in [5, 5.41) is 0. The van der Waals surface area contributed by atoms with Crippen LogP contribution in [-0.2, 0) is 17.4 Å². The van der Waals surface area contributed by atoms with Gasteiger partial charge in [0.15, 0.2) is 12.4 Å². The number of hydrogen-bond donors (Lipinski definition) is 2. The molecule has 0 spiro atoms. The lowest BCUT2D eigenvalue weighted by Crippen LogP contribution is -2.25. The number of carbonyl (C=O) groups is 1. The van der Waals surface area contributed by atoms with Crippen LogP contribution < -0.4 is 4.57 Å². The third kappa shape index (κ3) is 8.05. The molecule has 0 saturated heterocycles. The molecule has 1 aromatic carbocycles. The van der Waals surface area contributed by atoms with Gasteiger partial charge >= 0.3 is 10.4 Å². The smallest absolute Gasteiger partial charge is 0.298 e. The van der Waals surface area contributed by atoms with Crippen molar-refractivity contribution in [3.05, 3.63) is 65.5 Å². The van der Waals surface area contributed by atoms with Crippen LogP contribution in [0.3, 0.4) is 0 Å². The van der Waals surface area contributed by atoms with Gasteiger partial charge in [0.25, 0.3) is 0 Å². The SMILES string of the molecule is C[n+]1ccc(C=Cc2ccc(C=O)cc2)cc1.O=S(=O)(O)O. The third-order valence-electron chi connectivity index (χ3n) is 2.55. The zero-order valence-electron chi connectivity index (χ0n) is 11.8. The molecule has 116 valence electrons. The Hall–Kier alpha value is -2.35. The molecule has 0 aliphatic rings. The van der Waals surface area contributed by atoms with Crippen LogP contribution >= 0.6 is 0 Å². The molecule has 7 heteroatoms. The number of rotatable bonds is 3. The Morgan fingerprint density at radius 1 is 0.864 bits per heavy atom. The fourth-order valence-electron chi connectivity index (χ4n) is 1.50. The lowest BCUT2D eigenvalue weighted by atomic mass is 10.1. The van der Waals surface area contributed by atoms with Gasteiger partial charge < -0.3 is 0 Å². The highest BCUT2D eigenvalue weighted by molar-refractivity contribution is 7.79. The Bertz CT molecular complexity index is 727. The van der Waals surface area contributed by atoms with E-state index >= 15 is 0 Å². The molecule has 0 unspecified atom stereocenters. The summed E-state index contributed by atoms with van der Waals surface area (Å²) in [6.07, 6.45) is 8.95. The van der Waals surface area contributed by atoms with Crippen molar-refractivity contribution in [2.45, 2.75) is 0 Å². The number of hydrogen-bond acceptors (Lipinski definition) is 3. The van der Waals surface area contributed by atoms with Crippen LogP contribution in [0.2, 0.25) is 0 Å². The van der Waals surface area contributed by atoms with Crippen molar-refractivity contribution in [3.63, 3.8) is 0 Å². The molecule has 0 aliphatic carbocycles. The summed E-state index contributed by atoms with van der Waals surface area (Å²) in [7, 11) is -2.67. The van der Waals surface area contributed by atoms with Gasteiger partial charge in [0.2, 0.25) is 0 Å². The maximum atomic E-state index is 10.5. The molecule has 6 nitrogen and oxygen atoms in total. The number of nitrogens with zero attached hydrogens (tertiary/aromatic N) is 1. The maximum Gasteiger partial charge on any atom is 0.394 e. The minimum atomic E-state index is -4.67. The number of aryl methyl sites for hydroxylation is 1. The average molecular weight is 322 g/mol. The molecule has 2 N–H and O–H groups in total. The monoisotopic (exact) mass is 322 g/mol. The van der Waals surface area contributed by atoms with Crippen molar-refractivity contribution >= 4 is 28.8 Å².